The third-order valence-electron chi connectivity index (χ3n) is 4.13. The zero-order valence-electron chi connectivity index (χ0n) is 12.3. The number of nitrogens with one attached hydrogen (secondary N) is 1. The number of esters is 1. The molecule has 1 N–H and O–H groups in total. The molecule has 0 aromatic heterocycles. The summed E-state index contributed by atoms with van der Waals surface area (Å²) >= 11 is 0. The van der Waals surface area contributed by atoms with E-state index in [1.54, 1.807) is 4.90 Å². The van der Waals surface area contributed by atoms with Crippen molar-refractivity contribution in [2.75, 3.05) is 11.9 Å². The van der Waals surface area contributed by atoms with Gasteiger partial charge in [0.25, 0.3) is 0 Å². The van der Waals surface area contributed by atoms with E-state index in [2.05, 4.69) is 5.32 Å². The van der Waals surface area contributed by atoms with Crippen molar-refractivity contribution in [1.82, 2.24) is 4.90 Å². The van der Waals surface area contributed by atoms with E-state index >= 15 is 0 Å². The third kappa shape index (κ3) is 2.97. The molecule has 2 aliphatic heterocycles. The number of urea groups is 1. The van der Waals surface area contributed by atoms with Crippen LogP contribution in [0.4, 0.5) is 23.7 Å². The summed E-state index contributed by atoms with van der Waals surface area (Å²) in [4.78, 5) is 24.8. The molecule has 0 bridgehead atoms. The summed E-state index contributed by atoms with van der Waals surface area (Å²) in [6, 6.07) is 2.51. The van der Waals surface area contributed by atoms with E-state index in [0.29, 0.717) is 24.9 Å². The summed E-state index contributed by atoms with van der Waals surface area (Å²) in [5, 5.41) is 2.51. The Morgan fingerprint density at radius 2 is 2.13 bits per heavy atom. The predicted molar refractivity (Wildman–Crippen MR) is 74.7 cm³/mol. The number of hydrogen-bond donors (Lipinski definition) is 1. The number of fused-ring (bicyclic) bond motifs is 3. The molecule has 0 unspecified atom stereocenters. The minimum Gasteiger partial charge on any atom is -0.462 e. The fourth-order valence-corrected chi connectivity index (χ4v) is 3.13. The second-order valence-electron chi connectivity index (χ2n) is 5.69. The largest absolute Gasteiger partial charge is 0.462 e. The second kappa shape index (κ2) is 5.43. The minimum atomic E-state index is -4.47. The average molecular weight is 328 g/mol. The van der Waals surface area contributed by atoms with Crippen LogP contribution in [-0.4, -0.2) is 29.5 Å². The van der Waals surface area contributed by atoms with Gasteiger partial charge in [-0.15, -0.1) is 0 Å². The molecular formula is C15H15F3N2O3. The quantitative estimate of drug-likeness (QED) is 0.805. The molecule has 124 valence electrons. The SMILES string of the molecule is CC(=O)O[C@@H]1CCN2C(=O)Nc3cc(C(F)(F)F)ccc3[C@@H]2C1. The number of nitrogens with zero attached hydrogens (tertiary/aromatic N) is 1. The van der Waals surface area contributed by atoms with Crippen molar-refractivity contribution in [2.45, 2.75) is 38.1 Å². The first-order valence-electron chi connectivity index (χ1n) is 7.21. The van der Waals surface area contributed by atoms with E-state index in [0.717, 1.165) is 12.1 Å². The number of benzene rings is 1. The van der Waals surface area contributed by atoms with Crippen LogP contribution in [0.2, 0.25) is 0 Å². The molecule has 1 aromatic carbocycles. The number of alkyl halides is 3. The number of ether oxygens (including phenoxy) is 1. The van der Waals surface area contributed by atoms with E-state index < -0.39 is 23.7 Å². The van der Waals surface area contributed by atoms with Gasteiger partial charge in [-0.25, -0.2) is 4.79 Å². The lowest BCUT2D eigenvalue weighted by atomic mass is 9.90. The summed E-state index contributed by atoms with van der Waals surface area (Å²) in [6.45, 7) is 1.69. The highest BCUT2D eigenvalue weighted by molar-refractivity contribution is 5.93. The van der Waals surface area contributed by atoms with Gasteiger partial charge < -0.3 is 15.0 Å². The van der Waals surface area contributed by atoms with Crippen LogP contribution in [0.5, 0.6) is 0 Å². The number of piperidine rings is 1. The fourth-order valence-electron chi connectivity index (χ4n) is 3.13. The molecule has 1 saturated heterocycles. The second-order valence-corrected chi connectivity index (χ2v) is 5.69. The number of carbonyl (C=O) groups is 2. The lowest BCUT2D eigenvalue weighted by Gasteiger charge is -2.43. The van der Waals surface area contributed by atoms with Crippen molar-refractivity contribution in [2.24, 2.45) is 0 Å². The standard InChI is InChI=1S/C15H15F3N2O3/c1-8(21)23-10-4-5-20-13(7-10)11-3-2-9(15(16,17)18)6-12(11)19-14(20)22/h2-3,6,10,13H,4-5,7H2,1H3,(H,19,22)/t10-,13+/m1/s1. The molecule has 2 atom stereocenters. The maximum Gasteiger partial charge on any atom is 0.416 e. The molecule has 0 radical (unpaired) electrons. The van der Waals surface area contributed by atoms with Crippen LogP contribution in [0.25, 0.3) is 0 Å². The van der Waals surface area contributed by atoms with Gasteiger partial charge in [-0.3, -0.25) is 4.79 Å². The fraction of sp³-hybridized carbons (Fsp3) is 0.467. The average Bonchev–Trinajstić information content (AvgIpc) is 2.45. The highest BCUT2D eigenvalue weighted by Gasteiger charge is 2.40. The van der Waals surface area contributed by atoms with Crippen LogP contribution in [-0.2, 0) is 15.7 Å². The van der Waals surface area contributed by atoms with Crippen LogP contribution in [0, 0.1) is 0 Å². The van der Waals surface area contributed by atoms with Crippen LogP contribution in [0.3, 0.4) is 0 Å². The molecule has 1 aromatic rings. The molecule has 0 aliphatic carbocycles. The Morgan fingerprint density at radius 3 is 2.78 bits per heavy atom. The van der Waals surface area contributed by atoms with Gasteiger partial charge in [0.15, 0.2) is 0 Å². The summed E-state index contributed by atoms with van der Waals surface area (Å²) in [5.41, 5.74) is -0.0404. The Hall–Kier alpha value is -2.25. The van der Waals surface area contributed by atoms with Gasteiger partial charge in [-0.2, -0.15) is 13.2 Å². The van der Waals surface area contributed by atoms with Gasteiger partial charge in [-0.1, -0.05) is 6.07 Å². The van der Waals surface area contributed by atoms with Gasteiger partial charge >= 0.3 is 18.2 Å². The first-order chi connectivity index (χ1) is 10.8. The molecule has 3 rings (SSSR count). The summed E-state index contributed by atoms with van der Waals surface area (Å²) < 4.78 is 43.6. The molecule has 0 saturated carbocycles. The van der Waals surface area contributed by atoms with Crippen LogP contribution < -0.4 is 5.32 Å². The lowest BCUT2D eigenvalue weighted by Crippen LogP contribution is -2.48. The van der Waals surface area contributed by atoms with Crippen molar-refractivity contribution >= 4 is 17.7 Å². The van der Waals surface area contributed by atoms with Gasteiger partial charge in [0, 0.05) is 32.0 Å². The van der Waals surface area contributed by atoms with Crippen LogP contribution in [0.15, 0.2) is 18.2 Å². The summed E-state index contributed by atoms with van der Waals surface area (Å²) in [7, 11) is 0. The van der Waals surface area contributed by atoms with Crippen molar-refractivity contribution in [1.29, 1.82) is 0 Å². The summed E-state index contributed by atoms with van der Waals surface area (Å²) in [5.74, 6) is -0.406. The molecular weight excluding hydrogens is 313 g/mol. The maximum absolute atomic E-state index is 12.8. The Kier molecular flexibility index (Phi) is 3.69. The third-order valence-corrected chi connectivity index (χ3v) is 4.13. The zero-order chi connectivity index (χ0) is 16.8. The Balaban J connectivity index is 1.92. The lowest BCUT2D eigenvalue weighted by molar-refractivity contribution is -0.149. The predicted octanol–water partition coefficient (Wildman–Crippen LogP) is 3.32. The number of amides is 2. The molecule has 5 nitrogen and oxygen atoms in total. The monoisotopic (exact) mass is 328 g/mol. The van der Waals surface area contributed by atoms with Crippen molar-refractivity contribution in [3.8, 4) is 0 Å². The minimum absolute atomic E-state index is 0.162. The van der Waals surface area contributed by atoms with Crippen molar-refractivity contribution in [3.63, 3.8) is 0 Å². The number of hydrogen-bond acceptors (Lipinski definition) is 3. The van der Waals surface area contributed by atoms with E-state index in [1.165, 1.54) is 13.0 Å². The van der Waals surface area contributed by atoms with Crippen LogP contribution >= 0.6 is 0 Å². The van der Waals surface area contributed by atoms with Gasteiger partial charge in [0.1, 0.15) is 6.10 Å². The maximum atomic E-state index is 12.8. The molecule has 8 heteroatoms. The first kappa shape index (κ1) is 15.6. The molecule has 2 amide bonds. The first-order valence-corrected chi connectivity index (χ1v) is 7.21. The molecule has 2 aliphatic rings. The molecule has 23 heavy (non-hydrogen) atoms. The highest BCUT2D eigenvalue weighted by Crippen LogP contribution is 2.42. The van der Waals surface area contributed by atoms with Gasteiger partial charge in [0.05, 0.1) is 11.6 Å². The molecule has 2 heterocycles. The van der Waals surface area contributed by atoms with Crippen molar-refractivity contribution in [3.05, 3.63) is 29.3 Å². The Bertz CT molecular complexity index is 660. The number of carbonyl (C=O) groups excluding carboxylic acids is 2. The zero-order valence-corrected chi connectivity index (χ0v) is 12.3. The normalized spacial score (nSPS) is 23.7. The topological polar surface area (TPSA) is 58.6 Å². The number of anilines is 1. The molecule has 1 fully saturated rings. The van der Waals surface area contributed by atoms with Crippen LogP contribution in [0.1, 0.15) is 36.9 Å². The van der Waals surface area contributed by atoms with Gasteiger partial charge in [-0.05, 0) is 17.7 Å². The highest BCUT2D eigenvalue weighted by atomic mass is 19.4. The number of halogens is 3. The van der Waals surface area contributed by atoms with Gasteiger partial charge in [0.2, 0.25) is 0 Å². The molecule has 0 spiro atoms. The Morgan fingerprint density at radius 1 is 1.39 bits per heavy atom. The van der Waals surface area contributed by atoms with Crippen molar-refractivity contribution < 1.29 is 27.5 Å². The van der Waals surface area contributed by atoms with E-state index in [1.807, 2.05) is 0 Å². The van der Waals surface area contributed by atoms with E-state index in [9.17, 15) is 22.8 Å². The summed E-state index contributed by atoms with van der Waals surface area (Å²) in [6.07, 6.45) is -3.91. The number of rotatable bonds is 1. The Labute approximate surface area is 130 Å². The van der Waals surface area contributed by atoms with E-state index in [-0.39, 0.29) is 17.8 Å². The van der Waals surface area contributed by atoms with E-state index in [4.69, 9.17) is 4.74 Å². The smallest absolute Gasteiger partial charge is 0.416 e.